The van der Waals surface area contributed by atoms with Crippen molar-refractivity contribution in [2.24, 2.45) is 0 Å². The van der Waals surface area contributed by atoms with E-state index >= 15 is 0 Å². The molecule has 0 atom stereocenters. The van der Waals surface area contributed by atoms with Crippen molar-refractivity contribution < 1.29 is 4.74 Å². The number of ether oxygens (including phenoxy) is 1. The lowest BCUT2D eigenvalue weighted by Gasteiger charge is -2.03. The van der Waals surface area contributed by atoms with Gasteiger partial charge >= 0.3 is 0 Å². The first-order chi connectivity index (χ1) is 8.22. The Morgan fingerprint density at radius 2 is 2.00 bits per heavy atom. The van der Waals surface area contributed by atoms with Crippen LogP contribution in [0.25, 0.3) is 11.0 Å². The second-order valence-electron chi connectivity index (χ2n) is 3.97. The number of hydrogen-bond acceptors (Lipinski definition) is 3. The molecule has 0 radical (unpaired) electrons. The summed E-state index contributed by atoms with van der Waals surface area (Å²) in [5.41, 5.74) is 3.00. The molecule has 0 aliphatic heterocycles. The highest BCUT2D eigenvalue weighted by atomic mass is 16.5. The van der Waals surface area contributed by atoms with Crippen molar-refractivity contribution in [3.8, 4) is 0 Å². The summed E-state index contributed by atoms with van der Waals surface area (Å²) in [6, 6.07) is 4.01. The number of hydrogen-bond donors (Lipinski definition) is 0. The van der Waals surface area contributed by atoms with Crippen molar-refractivity contribution in [3.63, 3.8) is 0 Å². The molecule has 4 heteroatoms. The first kappa shape index (κ1) is 13.6. The minimum atomic E-state index is 0.713. The van der Waals surface area contributed by atoms with Gasteiger partial charge < -0.3 is 9.30 Å². The van der Waals surface area contributed by atoms with E-state index < -0.39 is 0 Å². The van der Waals surface area contributed by atoms with Gasteiger partial charge in [-0.3, -0.25) is 0 Å². The summed E-state index contributed by atoms with van der Waals surface area (Å²) in [4.78, 5) is 0. The molecule has 0 fully saturated rings. The van der Waals surface area contributed by atoms with Crippen LogP contribution in [0.1, 0.15) is 26.0 Å². The van der Waals surface area contributed by atoms with Gasteiger partial charge in [-0.2, -0.15) is 5.10 Å². The summed E-state index contributed by atoms with van der Waals surface area (Å²) in [5, 5.41) is 8.10. The second kappa shape index (κ2) is 7.01. The topological polar surface area (TPSA) is 39.9 Å². The van der Waals surface area contributed by atoms with Crippen LogP contribution in [0.4, 0.5) is 0 Å². The lowest BCUT2D eigenvalue weighted by molar-refractivity contribution is 0.188. The second-order valence-corrected chi connectivity index (χ2v) is 3.97. The minimum absolute atomic E-state index is 0.713. The van der Waals surface area contributed by atoms with E-state index in [9.17, 15) is 0 Å². The van der Waals surface area contributed by atoms with Gasteiger partial charge in [0.15, 0.2) is 0 Å². The van der Waals surface area contributed by atoms with Crippen LogP contribution in [0.5, 0.6) is 0 Å². The van der Waals surface area contributed by atoms with Gasteiger partial charge in [0.1, 0.15) is 5.52 Å². The van der Waals surface area contributed by atoms with Gasteiger partial charge in [-0.1, -0.05) is 20.3 Å². The van der Waals surface area contributed by atoms with Crippen molar-refractivity contribution >= 4 is 11.0 Å². The van der Waals surface area contributed by atoms with Crippen LogP contribution in [0.15, 0.2) is 18.3 Å². The number of aryl methyl sites for hydroxylation is 1. The molecular weight excluding hydrogens is 214 g/mol. The molecule has 2 heterocycles. The van der Waals surface area contributed by atoms with E-state index in [-0.39, 0.29) is 0 Å². The van der Waals surface area contributed by atoms with E-state index in [2.05, 4.69) is 28.6 Å². The maximum absolute atomic E-state index is 5.04. The van der Waals surface area contributed by atoms with E-state index in [1.165, 1.54) is 6.42 Å². The van der Waals surface area contributed by atoms with Crippen LogP contribution in [-0.2, 0) is 11.3 Å². The van der Waals surface area contributed by atoms with Crippen LogP contribution in [0, 0.1) is 6.92 Å². The molecule has 0 aliphatic carbocycles. The minimum Gasteiger partial charge on any atom is -0.383 e. The van der Waals surface area contributed by atoms with Gasteiger partial charge in [0.25, 0.3) is 0 Å². The van der Waals surface area contributed by atoms with Gasteiger partial charge in [-0.15, -0.1) is 5.10 Å². The SMILES string of the molecule is CCC.COCCn1ccc2nnc(C)cc21. The highest BCUT2D eigenvalue weighted by Crippen LogP contribution is 2.12. The van der Waals surface area contributed by atoms with Crippen molar-refractivity contribution in [2.75, 3.05) is 13.7 Å². The molecule has 2 aromatic heterocycles. The Bertz CT molecular complexity index is 451. The molecule has 0 aliphatic rings. The van der Waals surface area contributed by atoms with E-state index in [1.54, 1.807) is 7.11 Å². The monoisotopic (exact) mass is 235 g/mol. The number of rotatable bonds is 3. The highest BCUT2D eigenvalue weighted by molar-refractivity contribution is 5.75. The lowest BCUT2D eigenvalue weighted by atomic mass is 10.3. The summed E-state index contributed by atoms with van der Waals surface area (Å²) in [6.07, 6.45) is 3.26. The Labute approximate surface area is 103 Å². The Hall–Kier alpha value is -1.42. The standard InChI is InChI=1S/C10H13N3O.C3H8/c1-8-7-10-9(12-11-8)3-4-13(10)5-6-14-2;1-3-2/h3-4,7H,5-6H2,1-2H3;3H2,1-2H3. The molecule has 17 heavy (non-hydrogen) atoms. The zero-order valence-electron chi connectivity index (χ0n) is 11.1. The molecule has 4 nitrogen and oxygen atoms in total. The Kier molecular flexibility index (Phi) is 5.63. The highest BCUT2D eigenvalue weighted by Gasteiger charge is 2.02. The summed E-state index contributed by atoms with van der Waals surface area (Å²) in [5.74, 6) is 0. The molecule has 0 saturated heterocycles. The number of methoxy groups -OCH3 is 1. The summed E-state index contributed by atoms with van der Waals surface area (Å²) in [6.45, 7) is 7.76. The average molecular weight is 235 g/mol. The van der Waals surface area contributed by atoms with Crippen molar-refractivity contribution in [1.82, 2.24) is 14.8 Å². The van der Waals surface area contributed by atoms with Crippen LogP contribution in [0.3, 0.4) is 0 Å². The fraction of sp³-hybridized carbons (Fsp3) is 0.538. The van der Waals surface area contributed by atoms with Crippen molar-refractivity contribution in [2.45, 2.75) is 33.7 Å². The summed E-state index contributed by atoms with van der Waals surface area (Å²) >= 11 is 0. The third-order valence-corrected chi connectivity index (χ3v) is 2.18. The maximum Gasteiger partial charge on any atom is 0.111 e. The largest absolute Gasteiger partial charge is 0.383 e. The van der Waals surface area contributed by atoms with Crippen molar-refractivity contribution in [3.05, 3.63) is 24.0 Å². The summed E-state index contributed by atoms with van der Waals surface area (Å²) in [7, 11) is 1.71. The number of nitrogens with zero attached hydrogens (tertiary/aromatic N) is 3. The third-order valence-electron chi connectivity index (χ3n) is 2.18. The van der Waals surface area contributed by atoms with E-state index in [0.29, 0.717) is 6.61 Å². The summed E-state index contributed by atoms with van der Waals surface area (Å²) < 4.78 is 7.16. The number of aromatic nitrogens is 3. The molecule has 0 aromatic carbocycles. The zero-order chi connectivity index (χ0) is 12.7. The molecule has 94 valence electrons. The quantitative estimate of drug-likeness (QED) is 0.821. The molecule has 2 aromatic rings. The Balaban J connectivity index is 0.000000437. The molecular formula is C13H21N3O. The fourth-order valence-corrected chi connectivity index (χ4v) is 1.46. The Morgan fingerprint density at radius 3 is 2.65 bits per heavy atom. The fourth-order valence-electron chi connectivity index (χ4n) is 1.46. The predicted molar refractivity (Wildman–Crippen MR) is 70.1 cm³/mol. The van der Waals surface area contributed by atoms with Gasteiger partial charge in [0.05, 0.1) is 17.8 Å². The molecule has 0 unspecified atom stereocenters. The lowest BCUT2D eigenvalue weighted by Crippen LogP contribution is -2.02. The van der Waals surface area contributed by atoms with Crippen LogP contribution < -0.4 is 0 Å². The number of fused-ring (bicyclic) bond motifs is 1. The maximum atomic E-state index is 5.04. The normalized spacial score (nSPS) is 10.1. The smallest absolute Gasteiger partial charge is 0.111 e. The van der Waals surface area contributed by atoms with E-state index in [1.807, 2.05) is 25.3 Å². The molecule has 0 amide bonds. The van der Waals surface area contributed by atoms with E-state index in [0.717, 1.165) is 23.3 Å². The first-order valence-electron chi connectivity index (χ1n) is 6.01. The predicted octanol–water partition coefficient (Wildman–Crippen LogP) is 2.80. The molecule has 0 saturated carbocycles. The molecule has 0 spiro atoms. The van der Waals surface area contributed by atoms with Crippen LogP contribution >= 0.6 is 0 Å². The molecule has 0 bridgehead atoms. The van der Waals surface area contributed by atoms with Crippen molar-refractivity contribution in [1.29, 1.82) is 0 Å². The van der Waals surface area contributed by atoms with Gasteiger partial charge in [0.2, 0.25) is 0 Å². The van der Waals surface area contributed by atoms with Gasteiger partial charge in [-0.05, 0) is 19.1 Å². The van der Waals surface area contributed by atoms with Crippen LogP contribution in [0.2, 0.25) is 0 Å². The average Bonchev–Trinajstić information content (AvgIpc) is 2.70. The van der Waals surface area contributed by atoms with E-state index in [4.69, 9.17) is 4.74 Å². The van der Waals surface area contributed by atoms with Gasteiger partial charge in [-0.25, -0.2) is 0 Å². The van der Waals surface area contributed by atoms with Crippen LogP contribution in [-0.4, -0.2) is 28.5 Å². The Morgan fingerprint density at radius 1 is 1.29 bits per heavy atom. The zero-order valence-corrected chi connectivity index (χ0v) is 11.1. The first-order valence-corrected chi connectivity index (χ1v) is 6.01. The molecule has 0 N–H and O–H groups in total. The third kappa shape index (κ3) is 3.82. The molecule has 2 rings (SSSR count). The van der Waals surface area contributed by atoms with Gasteiger partial charge in [0, 0.05) is 19.9 Å².